The van der Waals surface area contributed by atoms with Gasteiger partial charge in [-0.2, -0.15) is 0 Å². The quantitative estimate of drug-likeness (QED) is 0.642. The highest BCUT2D eigenvalue weighted by molar-refractivity contribution is 4.81. The normalized spacial score (nSPS) is 26.3. The van der Waals surface area contributed by atoms with Gasteiger partial charge in [0.25, 0.3) is 0 Å². The molecule has 2 aliphatic carbocycles. The Morgan fingerprint density at radius 2 is 0.778 bits per heavy atom. The Morgan fingerprint density at radius 3 is 1.11 bits per heavy atom. The zero-order valence-electron chi connectivity index (χ0n) is 12.2. The maximum Gasteiger partial charge on any atom is 0.0115 e. The number of hydrogen-bond donors (Lipinski definition) is 0. The summed E-state index contributed by atoms with van der Waals surface area (Å²) in [5.41, 5.74) is 0. The van der Waals surface area contributed by atoms with E-state index >= 15 is 0 Å². The Morgan fingerprint density at radius 1 is 0.500 bits per heavy atom. The van der Waals surface area contributed by atoms with Crippen LogP contribution in [0, 0.1) is 7.05 Å². The predicted octanol–water partition coefficient (Wildman–Crippen LogP) is 5.31. The van der Waals surface area contributed by atoms with Gasteiger partial charge in [-0.15, -0.1) is 0 Å². The summed E-state index contributed by atoms with van der Waals surface area (Å²) in [6.45, 7) is 0. The molecule has 18 heavy (non-hydrogen) atoms. The van der Waals surface area contributed by atoms with Crippen LogP contribution in [0.4, 0.5) is 0 Å². The highest BCUT2D eigenvalue weighted by Crippen LogP contribution is 2.27. The summed E-state index contributed by atoms with van der Waals surface area (Å²) in [5.74, 6) is 0. The number of hydrogen-bond acceptors (Lipinski definition) is 1. The van der Waals surface area contributed by atoms with Crippen LogP contribution in [0.5, 0.6) is 0 Å². The van der Waals surface area contributed by atoms with E-state index in [0.29, 0.717) is 0 Å². The molecule has 1 nitrogen and oxygen atoms in total. The van der Waals surface area contributed by atoms with Crippen molar-refractivity contribution in [3.8, 4) is 0 Å². The maximum absolute atomic E-state index is 4.46. The van der Waals surface area contributed by atoms with Gasteiger partial charge in [-0.3, -0.25) is 4.90 Å². The molecule has 1 heteroatoms. The van der Waals surface area contributed by atoms with Gasteiger partial charge >= 0.3 is 0 Å². The number of nitrogens with zero attached hydrogens (tertiary/aromatic N) is 1. The van der Waals surface area contributed by atoms with E-state index in [9.17, 15) is 0 Å². The van der Waals surface area contributed by atoms with Crippen molar-refractivity contribution < 1.29 is 0 Å². The predicted molar refractivity (Wildman–Crippen MR) is 79.4 cm³/mol. The molecule has 0 aromatic rings. The lowest BCUT2D eigenvalue weighted by Crippen LogP contribution is -2.39. The van der Waals surface area contributed by atoms with Crippen molar-refractivity contribution in [1.29, 1.82) is 0 Å². The van der Waals surface area contributed by atoms with Crippen LogP contribution in [-0.2, 0) is 0 Å². The molecule has 2 fully saturated rings. The molecular weight excluding hydrogens is 218 g/mol. The smallest absolute Gasteiger partial charge is 0.0115 e. The molecule has 0 atom stereocenters. The molecular formula is C17H32N. The SMILES string of the molecule is [CH2]N(C1CCCCCCC1)C1CCCCCCC1. The van der Waals surface area contributed by atoms with Crippen LogP contribution in [0.3, 0.4) is 0 Å². The van der Waals surface area contributed by atoms with Crippen LogP contribution in [0.25, 0.3) is 0 Å². The van der Waals surface area contributed by atoms with Crippen molar-refractivity contribution in [2.24, 2.45) is 0 Å². The minimum atomic E-state index is 0.787. The fourth-order valence-corrected chi connectivity index (χ4v) is 3.83. The molecule has 105 valence electrons. The van der Waals surface area contributed by atoms with E-state index in [4.69, 9.17) is 0 Å². The third kappa shape index (κ3) is 4.57. The van der Waals surface area contributed by atoms with E-state index in [0.717, 1.165) is 12.1 Å². The largest absolute Gasteiger partial charge is 0.296 e. The summed E-state index contributed by atoms with van der Waals surface area (Å²) in [6, 6.07) is 1.57. The Bertz CT molecular complexity index is 176. The van der Waals surface area contributed by atoms with E-state index in [-0.39, 0.29) is 0 Å². The fourth-order valence-electron chi connectivity index (χ4n) is 3.83. The summed E-state index contributed by atoms with van der Waals surface area (Å²) < 4.78 is 0. The summed E-state index contributed by atoms with van der Waals surface area (Å²) in [7, 11) is 4.46. The molecule has 0 unspecified atom stereocenters. The Labute approximate surface area is 114 Å². The minimum absolute atomic E-state index is 0.787. The first-order chi connectivity index (χ1) is 8.88. The Kier molecular flexibility index (Phi) is 6.54. The second-order valence-corrected chi connectivity index (χ2v) is 6.51. The molecule has 2 saturated carbocycles. The third-order valence-electron chi connectivity index (χ3n) is 5.09. The van der Waals surface area contributed by atoms with E-state index in [1.165, 1.54) is 89.9 Å². The summed E-state index contributed by atoms with van der Waals surface area (Å²) in [4.78, 5) is 2.54. The van der Waals surface area contributed by atoms with Crippen molar-refractivity contribution in [1.82, 2.24) is 4.90 Å². The van der Waals surface area contributed by atoms with Crippen LogP contribution in [0.2, 0.25) is 0 Å². The maximum atomic E-state index is 4.46. The molecule has 0 aliphatic heterocycles. The van der Waals surface area contributed by atoms with Crippen molar-refractivity contribution >= 4 is 0 Å². The van der Waals surface area contributed by atoms with Gasteiger partial charge in [0.05, 0.1) is 0 Å². The van der Waals surface area contributed by atoms with E-state index < -0.39 is 0 Å². The molecule has 0 saturated heterocycles. The van der Waals surface area contributed by atoms with Crippen molar-refractivity contribution in [3.05, 3.63) is 7.05 Å². The van der Waals surface area contributed by atoms with E-state index in [1.807, 2.05) is 0 Å². The lowest BCUT2D eigenvalue weighted by atomic mass is 9.91. The second kappa shape index (κ2) is 8.19. The molecule has 0 N–H and O–H groups in total. The Balaban J connectivity index is 1.83. The zero-order chi connectivity index (χ0) is 12.6. The zero-order valence-corrected chi connectivity index (χ0v) is 12.2. The topological polar surface area (TPSA) is 3.24 Å². The summed E-state index contributed by atoms with van der Waals surface area (Å²) >= 11 is 0. The monoisotopic (exact) mass is 250 g/mol. The molecule has 0 aromatic heterocycles. The van der Waals surface area contributed by atoms with Crippen LogP contribution in [0.1, 0.15) is 89.9 Å². The molecule has 0 bridgehead atoms. The molecule has 0 heterocycles. The Hall–Kier alpha value is -0.0400. The van der Waals surface area contributed by atoms with Crippen molar-refractivity contribution in [2.45, 2.75) is 102 Å². The average Bonchev–Trinajstić information content (AvgIpc) is 2.27. The van der Waals surface area contributed by atoms with Crippen LogP contribution >= 0.6 is 0 Å². The summed E-state index contributed by atoms with van der Waals surface area (Å²) in [6.07, 6.45) is 20.1. The molecule has 1 radical (unpaired) electrons. The second-order valence-electron chi connectivity index (χ2n) is 6.51. The third-order valence-corrected chi connectivity index (χ3v) is 5.09. The van der Waals surface area contributed by atoms with Crippen LogP contribution in [0.15, 0.2) is 0 Å². The van der Waals surface area contributed by atoms with Gasteiger partial charge < -0.3 is 0 Å². The van der Waals surface area contributed by atoms with Gasteiger partial charge in [0.1, 0.15) is 0 Å². The molecule has 0 aromatic carbocycles. The molecule has 0 spiro atoms. The first kappa shape index (κ1) is 14.4. The lowest BCUT2D eigenvalue weighted by Gasteiger charge is -2.37. The number of rotatable bonds is 2. The fraction of sp³-hybridized carbons (Fsp3) is 0.941. The molecule has 2 rings (SSSR count). The van der Waals surface area contributed by atoms with Crippen LogP contribution in [-0.4, -0.2) is 17.0 Å². The van der Waals surface area contributed by atoms with Crippen molar-refractivity contribution in [2.75, 3.05) is 0 Å². The van der Waals surface area contributed by atoms with Gasteiger partial charge in [-0.25, -0.2) is 0 Å². The van der Waals surface area contributed by atoms with Gasteiger partial charge in [0.2, 0.25) is 0 Å². The first-order valence-electron chi connectivity index (χ1n) is 8.47. The standard InChI is InChI=1S/C17H32N/c1-18(16-12-8-4-2-5-9-13-16)17-14-10-6-3-7-11-15-17/h16-17H,1-15H2. The van der Waals surface area contributed by atoms with E-state index in [1.54, 1.807) is 0 Å². The van der Waals surface area contributed by atoms with Crippen molar-refractivity contribution in [3.63, 3.8) is 0 Å². The highest BCUT2D eigenvalue weighted by Gasteiger charge is 2.23. The van der Waals surface area contributed by atoms with Gasteiger partial charge in [-0.1, -0.05) is 64.2 Å². The van der Waals surface area contributed by atoms with E-state index in [2.05, 4.69) is 11.9 Å². The first-order valence-corrected chi connectivity index (χ1v) is 8.47. The van der Waals surface area contributed by atoms with Gasteiger partial charge in [-0.05, 0) is 25.7 Å². The molecule has 0 amide bonds. The summed E-state index contributed by atoms with van der Waals surface area (Å²) in [5, 5.41) is 0. The highest BCUT2D eigenvalue weighted by atomic mass is 15.2. The van der Waals surface area contributed by atoms with Gasteiger partial charge in [0, 0.05) is 19.1 Å². The minimum Gasteiger partial charge on any atom is -0.296 e. The van der Waals surface area contributed by atoms with Gasteiger partial charge in [0.15, 0.2) is 0 Å². The average molecular weight is 250 g/mol. The lowest BCUT2D eigenvalue weighted by molar-refractivity contribution is 0.145. The van der Waals surface area contributed by atoms with Crippen LogP contribution < -0.4 is 0 Å². The molecule has 2 aliphatic rings.